The van der Waals surface area contributed by atoms with Crippen molar-refractivity contribution < 1.29 is 18.7 Å². The molecule has 0 saturated heterocycles. The molecule has 1 aromatic rings. The highest BCUT2D eigenvalue weighted by molar-refractivity contribution is 9.10. The first kappa shape index (κ1) is 13.0. The summed E-state index contributed by atoms with van der Waals surface area (Å²) in [5.41, 5.74) is 0. The average Bonchev–Trinajstić information content (AvgIpc) is 2.28. The predicted molar refractivity (Wildman–Crippen MR) is 60.8 cm³/mol. The standard InChI is InChI=1S/C11H12BrFO3/c1-15-11(14)3-2-6-16-8-4-5-9(12)10(13)7-8/h4-5,7H,2-3,6H2,1H3. The SMILES string of the molecule is COC(=O)CCCOc1ccc(Br)c(F)c1. The molecule has 0 atom stereocenters. The van der Waals surface area contributed by atoms with Gasteiger partial charge in [0.05, 0.1) is 18.2 Å². The zero-order valence-corrected chi connectivity index (χ0v) is 10.4. The Hall–Kier alpha value is -1.10. The quantitative estimate of drug-likeness (QED) is 0.618. The van der Waals surface area contributed by atoms with Gasteiger partial charge >= 0.3 is 5.97 Å². The summed E-state index contributed by atoms with van der Waals surface area (Å²) in [5.74, 6) is -0.193. The summed E-state index contributed by atoms with van der Waals surface area (Å²) >= 11 is 3.05. The van der Waals surface area contributed by atoms with Crippen LogP contribution in [-0.2, 0) is 9.53 Å². The van der Waals surface area contributed by atoms with Gasteiger partial charge in [-0.25, -0.2) is 4.39 Å². The number of halogens is 2. The first-order valence-corrected chi connectivity index (χ1v) is 5.57. The number of carbonyl (C=O) groups excluding carboxylic acids is 1. The maximum Gasteiger partial charge on any atom is 0.305 e. The summed E-state index contributed by atoms with van der Waals surface area (Å²) in [6, 6.07) is 4.53. The van der Waals surface area contributed by atoms with Gasteiger partial charge in [0.15, 0.2) is 0 Å². The molecule has 0 aliphatic carbocycles. The number of ether oxygens (including phenoxy) is 2. The average molecular weight is 291 g/mol. The van der Waals surface area contributed by atoms with Gasteiger partial charge in [0, 0.05) is 12.5 Å². The second kappa shape index (κ2) is 6.48. The van der Waals surface area contributed by atoms with Gasteiger partial charge in [-0.3, -0.25) is 4.79 Å². The van der Waals surface area contributed by atoms with E-state index >= 15 is 0 Å². The summed E-state index contributed by atoms with van der Waals surface area (Å²) in [6.45, 7) is 0.357. The third kappa shape index (κ3) is 4.18. The molecular formula is C11H12BrFO3. The van der Waals surface area contributed by atoms with Crippen molar-refractivity contribution in [1.29, 1.82) is 0 Å². The smallest absolute Gasteiger partial charge is 0.305 e. The summed E-state index contributed by atoms with van der Waals surface area (Å²) in [6.07, 6.45) is 0.847. The molecule has 0 N–H and O–H groups in total. The third-order valence-electron chi connectivity index (χ3n) is 1.91. The van der Waals surface area contributed by atoms with Crippen LogP contribution < -0.4 is 4.74 Å². The van der Waals surface area contributed by atoms with Crippen LogP contribution in [0.4, 0.5) is 4.39 Å². The van der Waals surface area contributed by atoms with Gasteiger partial charge in [0.2, 0.25) is 0 Å². The molecule has 0 saturated carbocycles. The van der Waals surface area contributed by atoms with Crippen LogP contribution in [0.3, 0.4) is 0 Å². The number of esters is 1. The van der Waals surface area contributed by atoms with E-state index < -0.39 is 0 Å². The van der Waals surface area contributed by atoms with E-state index in [2.05, 4.69) is 20.7 Å². The van der Waals surface area contributed by atoms with Gasteiger partial charge in [0.1, 0.15) is 11.6 Å². The maximum absolute atomic E-state index is 13.1. The van der Waals surface area contributed by atoms with Crippen molar-refractivity contribution in [2.75, 3.05) is 13.7 Å². The molecule has 3 nitrogen and oxygen atoms in total. The van der Waals surface area contributed by atoms with Crippen molar-refractivity contribution in [3.8, 4) is 5.75 Å². The summed E-state index contributed by atoms with van der Waals surface area (Å²) in [7, 11) is 1.34. The van der Waals surface area contributed by atoms with Crippen molar-refractivity contribution in [2.45, 2.75) is 12.8 Å². The topological polar surface area (TPSA) is 35.5 Å². The first-order chi connectivity index (χ1) is 7.63. The highest BCUT2D eigenvalue weighted by Crippen LogP contribution is 2.20. The summed E-state index contributed by atoms with van der Waals surface area (Å²) in [4.78, 5) is 10.8. The van der Waals surface area contributed by atoms with E-state index in [1.54, 1.807) is 12.1 Å². The Bertz CT molecular complexity index is 368. The summed E-state index contributed by atoms with van der Waals surface area (Å²) in [5, 5.41) is 0. The van der Waals surface area contributed by atoms with E-state index in [0.29, 0.717) is 29.7 Å². The van der Waals surface area contributed by atoms with Gasteiger partial charge in [-0.2, -0.15) is 0 Å². The minimum Gasteiger partial charge on any atom is -0.493 e. The van der Waals surface area contributed by atoms with Crippen LogP contribution in [0.15, 0.2) is 22.7 Å². The largest absolute Gasteiger partial charge is 0.493 e. The van der Waals surface area contributed by atoms with Crippen molar-refractivity contribution in [1.82, 2.24) is 0 Å². The minimum absolute atomic E-state index is 0.273. The van der Waals surface area contributed by atoms with E-state index in [0.717, 1.165) is 0 Å². The van der Waals surface area contributed by atoms with Gasteiger partial charge in [-0.1, -0.05) is 0 Å². The Morgan fingerprint density at radius 1 is 1.50 bits per heavy atom. The van der Waals surface area contributed by atoms with Gasteiger partial charge in [-0.05, 0) is 34.5 Å². The fourth-order valence-electron chi connectivity index (χ4n) is 1.08. The Balaban J connectivity index is 2.32. The van der Waals surface area contributed by atoms with E-state index in [4.69, 9.17) is 4.74 Å². The number of rotatable bonds is 5. The van der Waals surface area contributed by atoms with Crippen molar-refractivity contribution in [3.63, 3.8) is 0 Å². The zero-order chi connectivity index (χ0) is 12.0. The normalized spacial score (nSPS) is 9.94. The number of hydrogen-bond donors (Lipinski definition) is 0. The molecule has 0 aromatic heterocycles. The fourth-order valence-corrected chi connectivity index (χ4v) is 1.32. The second-order valence-corrected chi connectivity index (χ2v) is 3.96. The molecule has 0 aliphatic rings. The molecule has 0 spiro atoms. The Morgan fingerprint density at radius 3 is 2.88 bits per heavy atom. The lowest BCUT2D eigenvalue weighted by Crippen LogP contribution is -2.04. The maximum atomic E-state index is 13.1. The van der Waals surface area contributed by atoms with E-state index in [9.17, 15) is 9.18 Å². The minimum atomic E-state index is -0.370. The lowest BCUT2D eigenvalue weighted by molar-refractivity contribution is -0.140. The molecule has 0 amide bonds. The molecular weight excluding hydrogens is 279 g/mol. The zero-order valence-electron chi connectivity index (χ0n) is 8.83. The van der Waals surface area contributed by atoms with Gasteiger partial charge in [-0.15, -0.1) is 0 Å². The lowest BCUT2D eigenvalue weighted by atomic mass is 10.3. The molecule has 16 heavy (non-hydrogen) atoms. The van der Waals surface area contributed by atoms with Crippen LogP contribution >= 0.6 is 15.9 Å². The third-order valence-corrected chi connectivity index (χ3v) is 2.56. The van der Waals surface area contributed by atoms with Gasteiger partial charge < -0.3 is 9.47 Å². The number of benzene rings is 1. The van der Waals surface area contributed by atoms with Crippen LogP contribution in [0.1, 0.15) is 12.8 Å². The van der Waals surface area contributed by atoms with Crippen LogP contribution in [0.5, 0.6) is 5.75 Å². The second-order valence-electron chi connectivity index (χ2n) is 3.10. The molecule has 0 radical (unpaired) electrons. The molecule has 0 aliphatic heterocycles. The lowest BCUT2D eigenvalue weighted by Gasteiger charge is -2.06. The first-order valence-electron chi connectivity index (χ1n) is 4.78. The van der Waals surface area contributed by atoms with Gasteiger partial charge in [0.25, 0.3) is 0 Å². The molecule has 5 heteroatoms. The molecule has 0 fully saturated rings. The number of methoxy groups -OCH3 is 1. The van der Waals surface area contributed by atoms with Crippen molar-refractivity contribution in [2.24, 2.45) is 0 Å². The molecule has 0 bridgehead atoms. The van der Waals surface area contributed by atoms with Crippen molar-refractivity contribution in [3.05, 3.63) is 28.5 Å². The van der Waals surface area contributed by atoms with E-state index in [-0.39, 0.29) is 11.8 Å². The van der Waals surface area contributed by atoms with E-state index in [1.165, 1.54) is 13.2 Å². The predicted octanol–water partition coefficient (Wildman–Crippen LogP) is 2.92. The highest BCUT2D eigenvalue weighted by Gasteiger charge is 2.03. The number of carbonyl (C=O) groups is 1. The Labute approximate surface area is 102 Å². The molecule has 0 heterocycles. The van der Waals surface area contributed by atoms with Crippen LogP contribution in [0.25, 0.3) is 0 Å². The molecule has 1 aromatic carbocycles. The molecule has 1 rings (SSSR count). The highest BCUT2D eigenvalue weighted by atomic mass is 79.9. The van der Waals surface area contributed by atoms with E-state index in [1.807, 2.05) is 0 Å². The van der Waals surface area contributed by atoms with Crippen LogP contribution in [-0.4, -0.2) is 19.7 Å². The number of hydrogen-bond acceptors (Lipinski definition) is 3. The Morgan fingerprint density at radius 2 is 2.25 bits per heavy atom. The van der Waals surface area contributed by atoms with Crippen molar-refractivity contribution >= 4 is 21.9 Å². The molecule has 0 unspecified atom stereocenters. The fraction of sp³-hybridized carbons (Fsp3) is 0.364. The van der Waals surface area contributed by atoms with Crippen LogP contribution in [0, 0.1) is 5.82 Å². The summed E-state index contributed by atoms with van der Waals surface area (Å²) < 4.78 is 23.2. The van der Waals surface area contributed by atoms with Crippen LogP contribution in [0.2, 0.25) is 0 Å². The monoisotopic (exact) mass is 290 g/mol. The molecule has 88 valence electrons. The Kier molecular flexibility index (Phi) is 5.25.